The summed E-state index contributed by atoms with van der Waals surface area (Å²) in [5.74, 6) is 0. The van der Waals surface area contributed by atoms with E-state index < -0.39 is 0 Å². The lowest BCUT2D eigenvalue weighted by atomic mass is 9.93. The van der Waals surface area contributed by atoms with Gasteiger partial charge in [0.25, 0.3) is 0 Å². The smallest absolute Gasteiger partial charge is 0.143 e. The average Bonchev–Trinajstić information content (AvgIpc) is 3.62. The van der Waals surface area contributed by atoms with Crippen molar-refractivity contribution in [2.45, 2.75) is 6.42 Å². The topological polar surface area (TPSA) is 26.3 Å². The molecule has 0 spiro atoms. The number of rotatable bonds is 1. The molecule has 1 aliphatic carbocycles. The molecular formula is C35H20O2. The van der Waals surface area contributed by atoms with E-state index in [0.29, 0.717) is 0 Å². The van der Waals surface area contributed by atoms with Crippen LogP contribution in [0.4, 0.5) is 0 Å². The van der Waals surface area contributed by atoms with Crippen molar-refractivity contribution >= 4 is 54.6 Å². The number of fused-ring (bicyclic) bond motifs is 12. The first-order chi connectivity index (χ1) is 18.3. The van der Waals surface area contributed by atoms with Gasteiger partial charge in [0.05, 0.1) is 0 Å². The first-order valence-electron chi connectivity index (χ1n) is 12.7. The molecule has 37 heavy (non-hydrogen) atoms. The Hall–Kier alpha value is -4.82. The molecule has 0 atom stereocenters. The van der Waals surface area contributed by atoms with Crippen LogP contribution in [-0.4, -0.2) is 0 Å². The van der Waals surface area contributed by atoms with E-state index in [9.17, 15) is 0 Å². The van der Waals surface area contributed by atoms with E-state index in [4.69, 9.17) is 8.83 Å². The first kappa shape index (κ1) is 19.4. The van der Waals surface area contributed by atoms with E-state index in [1.165, 1.54) is 49.4 Å². The fraction of sp³-hybridized carbons (Fsp3) is 0.0286. The van der Waals surface area contributed by atoms with Crippen molar-refractivity contribution in [1.29, 1.82) is 0 Å². The molecule has 0 N–H and O–H groups in total. The maximum atomic E-state index is 6.75. The van der Waals surface area contributed by atoms with Crippen LogP contribution in [0.15, 0.2) is 118 Å². The van der Waals surface area contributed by atoms with Crippen LogP contribution in [0, 0.1) is 0 Å². The Morgan fingerprint density at radius 1 is 0.459 bits per heavy atom. The van der Waals surface area contributed by atoms with E-state index >= 15 is 0 Å². The van der Waals surface area contributed by atoms with Gasteiger partial charge in [-0.1, -0.05) is 84.9 Å². The Morgan fingerprint density at radius 3 is 2.19 bits per heavy atom. The molecule has 0 fully saturated rings. The van der Waals surface area contributed by atoms with Crippen LogP contribution in [0.3, 0.4) is 0 Å². The normalized spacial score (nSPS) is 12.8. The minimum atomic E-state index is 0.910. The second-order valence-electron chi connectivity index (χ2n) is 10.1. The van der Waals surface area contributed by atoms with Gasteiger partial charge in [-0.25, -0.2) is 0 Å². The molecule has 2 heterocycles. The van der Waals surface area contributed by atoms with E-state index in [-0.39, 0.29) is 0 Å². The van der Waals surface area contributed by atoms with E-state index in [2.05, 4.69) is 97.1 Å². The van der Waals surface area contributed by atoms with E-state index in [0.717, 1.165) is 45.1 Å². The van der Waals surface area contributed by atoms with Crippen molar-refractivity contribution in [3.63, 3.8) is 0 Å². The molecule has 2 nitrogen and oxygen atoms in total. The predicted octanol–water partition coefficient (Wildman–Crippen LogP) is 9.88. The quantitative estimate of drug-likeness (QED) is 0.238. The maximum absolute atomic E-state index is 6.75. The number of hydrogen-bond donors (Lipinski definition) is 0. The van der Waals surface area contributed by atoms with Gasteiger partial charge in [0.2, 0.25) is 0 Å². The molecule has 0 radical (unpaired) electrons. The summed E-state index contributed by atoms with van der Waals surface area (Å²) in [6, 6.07) is 38.9. The van der Waals surface area contributed by atoms with Crippen LogP contribution in [0.5, 0.6) is 0 Å². The van der Waals surface area contributed by atoms with Crippen LogP contribution in [0.1, 0.15) is 11.1 Å². The molecule has 2 aromatic heterocycles. The molecule has 0 amide bonds. The summed E-state index contributed by atoms with van der Waals surface area (Å²) in [6.45, 7) is 0. The zero-order valence-corrected chi connectivity index (χ0v) is 19.9. The average molecular weight is 473 g/mol. The lowest BCUT2D eigenvalue weighted by molar-refractivity contribution is 0.669. The summed E-state index contributed by atoms with van der Waals surface area (Å²) in [7, 11) is 0. The van der Waals surface area contributed by atoms with Gasteiger partial charge in [0.15, 0.2) is 0 Å². The van der Waals surface area contributed by atoms with Crippen LogP contribution >= 0.6 is 0 Å². The number of benzene rings is 6. The zero-order valence-electron chi connectivity index (χ0n) is 19.9. The molecule has 0 saturated heterocycles. The number of furan rings is 2. The minimum absolute atomic E-state index is 0.910. The molecule has 8 aromatic rings. The van der Waals surface area contributed by atoms with Crippen molar-refractivity contribution < 1.29 is 8.83 Å². The third-order valence-corrected chi connectivity index (χ3v) is 8.09. The summed E-state index contributed by atoms with van der Waals surface area (Å²) in [4.78, 5) is 0. The summed E-state index contributed by atoms with van der Waals surface area (Å²) in [6.07, 6.45) is 0.961. The van der Waals surface area contributed by atoms with E-state index in [1.807, 2.05) is 12.1 Å². The molecule has 0 unspecified atom stereocenters. The summed E-state index contributed by atoms with van der Waals surface area (Å²) in [5, 5.41) is 7.10. The SMILES string of the molecule is c1ccc2c(c1)Cc1ccc3c(oc4cc(-c5ccc6oc7ccccc7c6c5)c5ccccc5c43)c1-2. The Balaban J connectivity index is 1.38. The molecule has 1 aliphatic rings. The van der Waals surface area contributed by atoms with Gasteiger partial charge in [-0.15, -0.1) is 0 Å². The standard InChI is InChI=1S/C35H20O2/c1-2-8-23-20(7-1)17-22-13-15-27-34-26-11-4-3-9-24(26)28(19-32(34)37-35(27)33(22)23)21-14-16-31-29(18-21)25-10-5-6-12-30(25)36-31/h1-16,18-19H,17H2. The maximum Gasteiger partial charge on any atom is 0.143 e. The van der Waals surface area contributed by atoms with Crippen molar-refractivity contribution in [3.05, 3.63) is 120 Å². The molecule has 2 heteroatoms. The van der Waals surface area contributed by atoms with Crippen LogP contribution in [-0.2, 0) is 6.42 Å². The van der Waals surface area contributed by atoms with Crippen molar-refractivity contribution in [2.24, 2.45) is 0 Å². The highest BCUT2D eigenvalue weighted by atomic mass is 16.3. The first-order valence-corrected chi connectivity index (χ1v) is 12.7. The predicted molar refractivity (Wildman–Crippen MR) is 152 cm³/mol. The molecule has 6 aromatic carbocycles. The van der Waals surface area contributed by atoms with Gasteiger partial charge >= 0.3 is 0 Å². The molecule has 0 saturated carbocycles. The summed E-state index contributed by atoms with van der Waals surface area (Å²) >= 11 is 0. The molecule has 0 bridgehead atoms. The Kier molecular flexibility index (Phi) is 3.61. The molecule has 172 valence electrons. The van der Waals surface area contributed by atoms with Crippen molar-refractivity contribution in [2.75, 3.05) is 0 Å². The van der Waals surface area contributed by atoms with Crippen LogP contribution < -0.4 is 0 Å². The van der Waals surface area contributed by atoms with Gasteiger partial charge in [-0.2, -0.15) is 0 Å². The summed E-state index contributed by atoms with van der Waals surface area (Å²) in [5.41, 5.74) is 11.3. The Labute approximate surface area is 212 Å². The van der Waals surface area contributed by atoms with E-state index in [1.54, 1.807) is 0 Å². The molecule has 0 aliphatic heterocycles. The van der Waals surface area contributed by atoms with Crippen LogP contribution in [0.25, 0.3) is 76.9 Å². The Bertz CT molecular complexity index is 2220. The monoisotopic (exact) mass is 472 g/mol. The third-order valence-electron chi connectivity index (χ3n) is 8.09. The second kappa shape index (κ2) is 6.89. The fourth-order valence-corrected chi connectivity index (χ4v) is 6.44. The minimum Gasteiger partial charge on any atom is -0.456 e. The van der Waals surface area contributed by atoms with Gasteiger partial charge < -0.3 is 8.83 Å². The second-order valence-corrected chi connectivity index (χ2v) is 10.1. The largest absolute Gasteiger partial charge is 0.456 e. The molecule has 9 rings (SSSR count). The highest BCUT2D eigenvalue weighted by molar-refractivity contribution is 6.24. The highest BCUT2D eigenvalue weighted by Crippen LogP contribution is 2.47. The van der Waals surface area contributed by atoms with Crippen molar-refractivity contribution in [3.8, 4) is 22.3 Å². The Morgan fingerprint density at radius 2 is 1.24 bits per heavy atom. The lowest BCUT2D eigenvalue weighted by Gasteiger charge is -2.09. The van der Waals surface area contributed by atoms with Gasteiger partial charge in [0, 0.05) is 27.1 Å². The number of hydrogen-bond acceptors (Lipinski definition) is 2. The van der Waals surface area contributed by atoms with Crippen LogP contribution in [0.2, 0.25) is 0 Å². The fourth-order valence-electron chi connectivity index (χ4n) is 6.44. The van der Waals surface area contributed by atoms with Gasteiger partial charge in [-0.05, 0) is 69.3 Å². The summed E-state index contributed by atoms with van der Waals surface area (Å²) < 4.78 is 12.8. The lowest BCUT2D eigenvalue weighted by Crippen LogP contribution is -1.83. The number of para-hydroxylation sites is 1. The zero-order chi connectivity index (χ0) is 24.1. The highest BCUT2D eigenvalue weighted by Gasteiger charge is 2.24. The van der Waals surface area contributed by atoms with Gasteiger partial charge in [0.1, 0.15) is 22.3 Å². The van der Waals surface area contributed by atoms with Crippen molar-refractivity contribution in [1.82, 2.24) is 0 Å². The third kappa shape index (κ3) is 2.54. The van der Waals surface area contributed by atoms with Gasteiger partial charge in [-0.3, -0.25) is 0 Å². The molecular weight excluding hydrogens is 452 g/mol.